The van der Waals surface area contributed by atoms with Gasteiger partial charge >= 0.3 is 5.97 Å². The first-order chi connectivity index (χ1) is 13.1. The molecule has 0 unspecified atom stereocenters. The predicted octanol–water partition coefficient (Wildman–Crippen LogP) is 5.90. The summed E-state index contributed by atoms with van der Waals surface area (Å²) in [6.07, 6.45) is 6.13. The third-order valence-electron chi connectivity index (χ3n) is 5.56. The van der Waals surface area contributed by atoms with E-state index in [9.17, 15) is 4.79 Å². The molecular formula is C22H23ClN2O2. The van der Waals surface area contributed by atoms with Crippen molar-refractivity contribution in [1.29, 1.82) is 0 Å². The zero-order chi connectivity index (χ0) is 19.0. The number of aromatic amines is 1. The third-order valence-corrected chi connectivity index (χ3v) is 5.79. The number of hydrogen-bond donors (Lipinski definition) is 2. The van der Waals surface area contributed by atoms with Crippen LogP contribution in [0.2, 0.25) is 5.02 Å². The lowest BCUT2D eigenvalue weighted by atomic mass is 9.81. The fraction of sp³-hybridized carbons (Fsp3) is 0.318. The van der Waals surface area contributed by atoms with Crippen LogP contribution in [0.1, 0.15) is 53.9 Å². The van der Waals surface area contributed by atoms with E-state index in [1.165, 1.54) is 44.8 Å². The predicted molar refractivity (Wildman–Crippen MR) is 110 cm³/mol. The lowest BCUT2D eigenvalue weighted by Crippen LogP contribution is -2.06. The Morgan fingerprint density at radius 2 is 1.93 bits per heavy atom. The molecule has 4 rings (SSSR count). The van der Waals surface area contributed by atoms with Gasteiger partial charge < -0.3 is 15.5 Å². The van der Waals surface area contributed by atoms with E-state index >= 15 is 0 Å². The monoisotopic (exact) mass is 382 g/mol. The Balaban J connectivity index is 1.93. The van der Waals surface area contributed by atoms with E-state index in [-0.39, 0.29) is 5.97 Å². The fourth-order valence-corrected chi connectivity index (χ4v) is 4.43. The Hall–Kier alpha value is -2.46. The number of nitrogens with two attached hydrogens (primary N) is 1. The minimum Gasteiger partial charge on any atom is -0.465 e. The van der Waals surface area contributed by atoms with Gasteiger partial charge in [-0.3, -0.25) is 0 Å². The van der Waals surface area contributed by atoms with E-state index in [4.69, 9.17) is 22.1 Å². The average molecular weight is 383 g/mol. The van der Waals surface area contributed by atoms with E-state index in [1.54, 1.807) is 6.07 Å². The third kappa shape index (κ3) is 3.30. The summed E-state index contributed by atoms with van der Waals surface area (Å²) in [5.74, 6) is 0.153. The van der Waals surface area contributed by atoms with Crippen molar-refractivity contribution < 1.29 is 9.53 Å². The minimum absolute atomic E-state index is 0.335. The van der Waals surface area contributed by atoms with Gasteiger partial charge in [-0.05, 0) is 54.7 Å². The molecule has 140 valence electrons. The molecule has 0 bridgehead atoms. The number of H-pyrrole nitrogens is 1. The molecule has 1 saturated carbocycles. The van der Waals surface area contributed by atoms with Crippen molar-refractivity contribution in [2.75, 3.05) is 12.8 Å². The topological polar surface area (TPSA) is 68.1 Å². The molecule has 27 heavy (non-hydrogen) atoms. The van der Waals surface area contributed by atoms with Crippen molar-refractivity contribution in [3.05, 3.63) is 52.5 Å². The number of ether oxygens (including phenoxy) is 1. The summed E-state index contributed by atoms with van der Waals surface area (Å²) in [5.41, 5.74) is 11.7. The van der Waals surface area contributed by atoms with Crippen molar-refractivity contribution in [1.82, 2.24) is 4.98 Å². The number of rotatable bonds is 3. The number of methoxy groups -OCH3 is 1. The van der Waals surface area contributed by atoms with E-state index in [2.05, 4.69) is 4.98 Å². The number of nitrogens with one attached hydrogen (secondary N) is 1. The summed E-state index contributed by atoms with van der Waals surface area (Å²) in [5, 5.41) is 1.78. The second kappa shape index (κ2) is 7.28. The molecule has 3 N–H and O–H groups in total. The van der Waals surface area contributed by atoms with Crippen LogP contribution in [-0.2, 0) is 4.74 Å². The first kappa shape index (κ1) is 17.9. The highest BCUT2D eigenvalue weighted by Gasteiger charge is 2.25. The molecule has 0 amide bonds. The van der Waals surface area contributed by atoms with Gasteiger partial charge in [0.05, 0.1) is 18.4 Å². The van der Waals surface area contributed by atoms with Crippen LogP contribution in [0.15, 0.2) is 36.4 Å². The Bertz CT molecular complexity index is 1000. The van der Waals surface area contributed by atoms with Gasteiger partial charge in [-0.1, -0.05) is 36.9 Å². The first-order valence-electron chi connectivity index (χ1n) is 9.38. The normalized spacial score (nSPS) is 15.2. The number of anilines is 1. The van der Waals surface area contributed by atoms with Crippen molar-refractivity contribution in [2.45, 2.75) is 38.0 Å². The maximum absolute atomic E-state index is 11.9. The van der Waals surface area contributed by atoms with Crippen molar-refractivity contribution in [3.63, 3.8) is 0 Å². The number of benzene rings is 2. The molecule has 4 nitrogen and oxygen atoms in total. The molecule has 1 fully saturated rings. The first-order valence-corrected chi connectivity index (χ1v) is 9.75. The number of aromatic nitrogens is 1. The summed E-state index contributed by atoms with van der Waals surface area (Å²) >= 11 is 6.10. The van der Waals surface area contributed by atoms with E-state index in [0.29, 0.717) is 22.2 Å². The molecule has 3 aromatic rings. The van der Waals surface area contributed by atoms with Crippen LogP contribution in [0.5, 0.6) is 0 Å². The number of esters is 1. The van der Waals surface area contributed by atoms with Gasteiger partial charge in [-0.15, -0.1) is 0 Å². The summed E-state index contributed by atoms with van der Waals surface area (Å²) in [6.45, 7) is 0. The Morgan fingerprint density at radius 1 is 1.15 bits per heavy atom. The highest BCUT2D eigenvalue weighted by Crippen LogP contribution is 2.43. The van der Waals surface area contributed by atoms with Gasteiger partial charge in [0.25, 0.3) is 0 Å². The number of halogens is 1. The number of hydrogen-bond acceptors (Lipinski definition) is 3. The van der Waals surface area contributed by atoms with E-state index in [1.807, 2.05) is 30.3 Å². The zero-order valence-electron chi connectivity index (χ0n) is 15.3. The number of carbonyl (C=O) groups is 1. The molecule has 0 aliphatic heterocycles. The second-order valence-corrected chi connectivity index (χ2v) is 7.67. The fourth-order valence-electron chi connectivity index (χ4n) is 4.25. The summed E-state index contributed by atoms with van der Waals surface area (Å²) < 4.78 is 4.87. The summed E-state index contributed by atoms with van der Waals surface area (Å²) in [7, 11) is 1.40. The van der Waals surface area contributed by atoms with E-state index < -0.39 is 0 Å². The van der Waals surface area contributed by atoms with Crippen LogP contribution in [0.4, 0.5) is 5.69 Å². The maximum atomic E-state index is 11.9. The van der Waals surface area contributed by atoms with Crippen molar-refractivity contribution >= 4 is 34.2 Å². The lowest BCUT2D eigenvalue weighted by Gasteiger charge is -2.23. The maximum Gasteiger partial charge on any atom is 0.337 e. The molecule has 0 saturated heterocycles. The number of nitrogen functional groups attached to an aromatic ring is 1. The smallest absolute Gasteiger partial charge is 0.337 e. The quantitative estimate of drug-likeness (QED) is 0.437. The van der Waals surface area contributed by atoms with Gasteiger partial charge in [-0.25, -0.2) is 4.79 Å². The Labute approximate surface area is 163 Å². The van der Waals surface area contributed by atoms with Gasteiger partial charge in [0.2, 0.25) is 0 Å². The number of carbonyl (C=O) groups excluding carboxylic acids is 1. The molecule has 5 heteroatoms. The Morgan fingerprint density at radius 3 is 2.63 bits per heavy atom. The van der Waals surface area contributed by atoms with Gasteiger partial charge in [0.15, 0.2) is 0 Å². The highest BCUT2D eigenvalue weighted by molar-refractivity contribution is 6.31. The standard InChI is InChI=1S/C22H23ClN2O2/c1-27-22(26)14-7-9-17-19(11-14)25-21(16-10-8-15(23)12-18(16)24)20(17)13-5-3-2-4-6-13/h7-13,25H,2-6,24H2,1H3. The number of fused-ring (bicyclic) bond motifs is 1. The molecule has 1 aliphatic carbocycles. The molecular weight excluding hydrogens is 360 g/mol. The zero-order valence-corrected chi connectivity index (χ0v) is 16.1. The van der Waals surface area contributed by atoms with Crippen LogP contribution in [0.25, 0.3) is 22.2 Å². The molecule has 1 aromatic heterocycles. The average Bonchev–Trinajstić information content (AvgIpc) is 3.06. The molecule has 0 atom stereocenters. The Kier molecular flexibility index (Phi) is 4.83. The van der Waals surface area contributed by atoms with Crippen LogP contribution in [0.3, 0.4) is 0 Å². The van der Waals surface area contributed by atoms with Crippen molar-refractivity contribution in [3.8, 4) is 11.3 Å². The minimum atomic E-state index is -0.335. The van der Waals surface area contributed by atoms with Gasteiger partial charge in [-0.2, -0.15) is 0 Å². The van der Waals surface area contributed by atoms with Crippen molar-refractivity contribution in [2.24, 2.45) is 0 Å². The molecule has 1 heterocycles. The highest BCUT2D eigenvalue weighted by atomic mass is 35.5. The molecule has 2 aromatic carbocycles. The van der Waals surface area contributed by atoms with Crippen LogP contribution >= 0.6 is 11.6 Å². The summed E-state index contributed by atoms with van der Waals surface area (Å²) in [4.78, 5) is 15.5. The van der Waals surface area contributed by atoms with E-state index in [0.717, 1.165) is 22.2 Å². The summed E-state index contributed by atoms with van der Waals surface area (Å²) in [6, 6.07) is 11.3. The van der Waals surface area contributed by atoms with Gasteiger partial charge in [0, 0.05) is 27.2 Å². The second-order valence-electron chi connectivity index (χ2n) is 7.23. The SMILES string of the molecule is COC(=O)c1ccc2c(C3CCCCC3)c(-c3ccc(Cl)cc3N)[nH]c2c1. The van der Waals surface area contributed by atoms with Crippen LogP contribution in [-0.4, -0.2) is 18.1 Å². The largest absolute Gasteiger partial charge is 0.465 e. The molecule has 1 aliphatic rings. The van der Waals surface area contributed by atoms with Crippen LogP contribution < -0.4 is 5.73 Å². The van der Waals surface area contributed by atoms with Gasteiger partial charge in [0.1, 0.15) is 0 Å². The van der Waals surface area contributed by atoms with Crippen LogP contribution in [0, 0.1) is 0 Å². The molecule has 0 spiro atoms. The molecule has 0 radical (unpaired) electrons. The lowest BCUT2D eigenvalue weighted by molar-refractivity contribution is 0.0601.